The van der Waals surface area contributed by atoms with Crippen LogP contribution < -0.4 is 10.6 Å². The van der Waals surface area contributed by atoms with E-state index >= 15 is 0 Å². The summed E-state index contributed by atoms with van der Waals surface area (Å²) in [5.41, 5.74) is 1.19. The van der Waals surface area contributed by atoms with Gasteiger partial charge in [0.05, 0.1) is 12.0 Å². The molecule has 0 aromatic carbocycles. The summed E-state index contributed by atoms with van der Waals surface area (Å²) in [7, 11) is 0. The first-order chi connectivity index (χ1) is 8.97. The molecule has 2 unspecified atom stereocenters. The SMILES string of the molecule is Cc1cc(C(C)NC(=O)C2CCC(=O)NC2)c(C)s1. The van der Waals surface area contributed by atoms with Gasteiger partial charge < -0.3 is 10.6 Å². The zero-order valence-electron chi connectivity index (χ0n) is 11.6. The van der Waals surface area contributed by atoms with Crippen molar-refractivity contribution in [1.82, 2.24) is 10.6 Å². The van der Waals surface area contributed by atoms with Gasteiger partial charge >= 0.3 is 0 Å². The van der Waals surface area contributed by atoms with E-state index in [1.807, 2.05) is 6.92 Å². The van der Waals surface area contributed by atoms with Crippen LogP contribution in [-0.2, 0) is 9.59 Å². The predicted molar refractivity (Wildman–Crippen MR) is 76.1 cm³/mol. The van der Waals surface area contributed by atoms with Crippen LogP contribution in [0.3, 0.4) is 0 Å². The van der Waals surface area contributed by atoms with Gasteiger partial charge in [-0.05, 0) is 38.8 Å². The van der Waals surface area contributed by atoms with Gasteiger partial charge in [-0.3, -0.25) is 9.59 Å². The van der Waals surface area contributed by atoms with Gasteiger partial charge in [-0.25, -0.2) is 0 Å². The molecule has 5 heteroatoms. The van der Waals surface area contributed by atoms with Crippen LogP contribution in [0.1, 0.15) is 41.1 Å². The van der Waals surface area contributed by atoms with E-state index in [4.69, 9.17) is 0 Å². The summed E-state index contributed by atoms with van der Waals surface area (Å²) >= 11 is 1.75. The van der Waals surface area contributed by atoms with E-state index in [-0.39, 0.29) is 23.8 Å². The Morgan fingerprint density at radius 3 is 2.79 bits per heavy atom. The van der Waals surface area contributed by atoms with Gasteiger partial charge in [-0.15, -0.1) is 11.3 Å². The predicted octanol–water partition coefficient (Wildman–Crippen LogP) is 2.07. The minimum atomic E-state index is -0.0970. The maximum Gasteiger partial charge on any atom is 0.225 e. The molecule has 1 aromatic heterocycles. The Hall–Kier alpha value is -1.36. The maximum atomic E-state index is 12.1. The molecule has 0 spiro atoms. The van der Waals surface area contributed by atoms with Gasteiger partial charge in [0.15, 0.2) is 0 Å². The summed E-state index contributed by atoms with van der Waals surface area (Å²) < 4.78 is 0. The fourth-order valence-electron chi connectivity index (χ4n) is 2.45. The molecule has 1 fully saturated rings. The molecule has 0 saturated carbocycles. The van der Waals surface area contributed by atoms with Gasteiger partial charge in [-0.1, -0.05) is 0 Å². The molecule has 2 amide bonds. The lowest BCUT2D eigenvalue weighted by molar-refractivity contribution is -0.129. The largest absolute Gasteiger partial charge is 0.355 e. The van der Waals surface area contributed by atoms with Crippen molar-refractivity contribution in [2.24, 2.45) is 5.92 Å². The van der Waals surface area contributed by atoms with Gasteiger partial charge in [0.1, 0.15) is 0 Å². The molecule has 1 saturated heterocycles. The van der Waals surface area contributed by atoms with Crippen LogP contribution in [-0.4, -0.2) is 18.4 Å². The standard InChI is InChI=1S/C14H20N2O2S/c1-8-6-12(10(3)19-8)9(2)16-14(18)11-4-5-13(17)15-7-11/h6,9,11H,4-5,7H2,1-3H3,(H,15,17)(H,16,18). The van der Waals surface area contributed by atoms with E-state index in [2.05, 4.69) is 30.5 Å². The normalized spacial score (nSPS) is 20.8. The first-order valence-corrected chi connectivity index (χ1v) is 7.43. The second-order valence-electron chi connectivity index (χ2n) is 5.14. The van der Waals surface area contributed by atoms with Crippen molar-refractivity contribution in [3.63, 3.8) is 0 Å². The number of carbonyl (C=O) groups excluding carboxylic acids is 2. The summed E-state index contributed by atoms with van der Waals surface area (Å²) in [5.74, 6) is -0.0163. The van der Waals surface area contributed by atoms with Crippen LogP contribution in [0.5, 0.6) is 0 Å². The van der Waals surface area contributed by atoms with E-state index < -0.39 is 0 Å². The quantitative estimate of drug-likeness (QED) is 0.890. The molecule has 19 heavy (non-hydrogen) atoms. The molecule has 104 valence electrons. The Morgan fingerprint density at radius 2 is 2.26 bits per heavy atom. The van der Waals surface area contributed by atoms with Crippen molar-refractivity contribution in [3.8, 4) is 0 Å². The lowest BCUT2D eigenvalue weighted by Crippen LogP contribution is -2.43. The number of amides is 2. The van der Waals surface area contributed by atoms with E-state index in [9.17, 15) is 9.59 Å². The van der Waals surface area contributed by atoms with Gasteiger partial charge in [-0.2, -0.15) is 0 Å². The number of nitrogens with one attached hydrogen (secondary N) is 2. The lowest BCUT2D eigenvalue weighted by Gasteiger charge is -2.23. The van der Waals surface area contributed by atoms with Crippen molar-refractivity contribution >= 4 is 23.2 Å². The van der Waals surface area contributed by atoms with Crippen molar-refractivity contribution in [2.75, 3.05) is 6.54 Å². The summed E-state index contributed by atoms with van der Waals surface area (Å²) in [5, 5.41) is 5.80. The number of rotatable bonds is 3. The van der Waals surface area contributed by atoms with Crippen molar-refractivity contribution < 1.29 is 9.59 Å². The van der Waals surface area contributed by atoms with Crippen molar-refractivity contribution in [3.05, 3.63) is 21.4 Å². The third-order valence-electron chi connectivity index (χ3n) is 3.54. The van der Waals surface area contributed by atoms with Crippen LogP contribution >= 0.6 is 11.3 Å². The fraction of sp³-hybridized carbons (Fsp3) is 0.571. The Balaban J connectivity index is 1.95. The van der Waals surface area contributed by atoms with Crippen LogP contribution in [0.15, 0.2) is 6.07 Å². The number of hydrogen-bond donors (Lipinski definition) is 2. The highest BCUT2D eigenvalue weighted by Gasteiger charge is 2.25. The van der Waals surface area contributed by atoms with Crippen LogP contribution in [0.2, 0.25) is 0 Å². The van der Waals surface area contributed by atoms with E-state index in [1.165, 1.54) is 15.3 Å². The maximum absolute atomic E-state index is 12.1. The van der Waals surface area contributed by atoms with Gasteiger partial charge in [0, 0.05) is 22.7 Å². The molecule has 2 heterocycles. The smallest absolute Gasteiger partial charge is 0.225 e. The van der Waals surface area contributed by atoms with Crippen LogP contribution in [0.25, 0.3) is 0 Å². The van der Waals surface area contributed by atoms with E-state index in [0.717, 1.165) is 0 Å². The third-order valence-corrected chi connectivity index (χ3v) is 4.52. The molecule has 2 N–H and O–H groups in total. The number of aryl methyl sites for hydroxylation is 2. The number of hydrogen-bond acceptors (Lipinski definition) is 3. The molecule has 4 nitrogen and oxygen atoms in total. The summed E-state index contributed by atoms with van der Waals surface area (Å²) in [6, 6.07) is 2.16. The minimum Gasteiger partial charge on any atom is -0.355 e. The monoisotopic (exact) mass is 280 g/mol. The topological polar surface area (TPSA) is 58.2 Å². The molecule has 0 aliphatic carbocycles. The first kappa shape index (κ1) is 14.1. The molecule has 1 aromatic rings. The highest BCUT2D eigenvalue weighted by atomic mass is 32.1. The molecule has 0 bridgehead atoms. The van der Waals surface area contributed by atoms with Gasteiger partial charge in [0.2, 0.25) is 11.8 Å². The average molecular weight is 280 g/mol. The zero-order valence-corrected chi connectivity index (χ0v) is 12.4. The second kappa shape index (κ2) is 5.74. The highest BCUT2D eigenvalue weighted by molar-refractivity contribution is 7.12. The summed E-state index contributed by atoms with van der Waals surface area (Å²) in [4.78, 5) is 25.7. The molecule has 1 aliphatic heterocycles. The Morgan fingerprint density at radius 1 is 1.53 bits per heavy atom. The van der Waals surface area contributed by atoms with Crippen LogP contribution in [0, 0.1) is 19.8 Å². The number of piperidine rings is 1. The van der Waals surface area contributed by atoms with E-state index in [0.29, 0.717) is 19.4 Å². The third kappa shape index (κ3) is 3.35. The Kier molecular flexibility index (Phi) is 4.24. The molecule has 2 atom stereocenters. The molecule has 0 radical (unpaired) electrons. The first-order valence-electron chi connectivity index (χ1n) is 6.61. The Bertz CT molecular complexity index is 486. The molecule has 2 rings (SSSR count). The second-order valence-corrected chi connectivity index (χ2v) is 6.60. The zero-order chi connectivity index (χ0) is 14.0. The fourth-order valence-corrected chi connectivity index (χ4v) is 3.47. The van der Waals surface area contributed by atoms with Crippen LogP contribution in [0.4, 0.5) is 0 Å². The number of thiophene rings is 1. The van der Waals surface area contributed by atoms with E-state index in [1.54, 1.807) is 11.3 Å². The molecular formula is C14H20N2O2S. The van der Waals surface area contributed by atoms with Crippen molar-refractivity contribution in [1.29, 1.82) is 0 Å². The molecule has 1 aliphatic rings. The van der Waals surface area contributed by atoms with Crippen molar-refractivity contribution in [2.45, 2.75) is 39.7 Å². The lowest BCUT2D eigenvalue weighted by atomic mass is 9.97. The molecular weight excluding hydrogens is 260 g/mol. The number of carbonyl (C=O) groups is 2. The minimum absolute atomic E-state index is 0.0232. The Labute approximate surface area is 117 Å². The highest BCUT2D eigenvalue weighted by Crippen LogP contribution is 2.26. The summed E-state index contributed by atoms with van der Waals surface area (Å²) in [6.07, 6.45) is 1.09. The summed E-state index contributed by atoms with van der Waals surface area (Å²) in [6.45, 7) is 6.62. The average Bonchev–Trinajstić information content (AvgIpc) is 2.69. The van der Waals surface area contributed by atoms with Gasteiger partial charge in [0.25, 0.3) is 0 Å².